The van der Waals surface area contributed by atoms with E-state index in [0.29, 0.717) is 9.69 Å². The summed E-state index contributed by atoms with van der Waals surface area (Å²) in [6, 6.07) is 0. The average Bonchev–Trinajstić information content (AvgIpc) is 2.72. The maximum absolute atomic E-state index is 8.91. The monoisotopic (exact) mass is 200 g/mol. The molecule has 0 aliphatic rings. The fraction of sp³-hybridized carbons (Fsp3) is 0. The van der Waals surface area contributed by atoms with Crippen molar-refractivity contribution in [2.45, 2.75) is 0 Å². The molecule has 14 heavy (non-hydrogen) atoms. The van der Waals surface area contributed by atoms with Gasteiger partial charge in [-0.1, -0.05) is 10.2 Å². The Morgan fingerprint density at radius 2 is 1.29 bits per heavy atom. The molecule has 0 aromatic carbocycles. The Bertz CT molecular complexity index is 377. The zero-order valence-corrected chi connectivity index (χ0v) is 6.47. The first-order chi connectivity index (χ1) is 6.77. The highest BCUT2D eigenvalue weighted by Gasteiger charge is 2.06. The van der Waals surface area contributed by atoms with Gasteiger partial charge in [0.05, 0.1) is 0 Å². The Labute approximate surface area is 75.0 Å². The minimum absolute atomic E-state index is 0.0898. The molecule has 0 spiro atoms. The van der Waals surface area contributed by atoms with Gasteiger partial charge in [-0.3, -0.25) is 10.9 Å². The number of nitrogens with one attached hydrogen (secondary N) is 2. The van der Waals surface area contributed by atoms with Crippen molar-refractivity contribution < 1.29 is 10.4 Å². The van der Waals surface area contributed by atoms with E-state index in [1.165, 1.54) is 0 Å². The van der Waals surface area contributed by atoms with Crippen LogP contribution >= 0.6 is 0 Å². The molecule has 0 fully saturated rings. The van der Waals surface area contributed by atoms with Gasteiger partial charge in [-0.05, 0) is 30.5 Å². The van der Waals surface area contributed by atoms with E-state index in [2.05, 4.69) is 41.9 Å². The molecule has 12 heteroatoms. The van der Waals surface area contributed by atoms with Crippen molar-refractivity contribution in [2.24, 2.45) is 0 Å². The Balaban J connectivity index is 2.02. The first-order valence-corrected chi connectivity index (χ1v) is 3.24. The minimum Gasteiger partial charge on any atom is -0.407 e. The van der Waals surface area contributed by atoms with E-state index in [1.807, 2.05) is 0 Å². The largest absolute Gasteiger partial charge is 0.407 e. The summed E-state index contributed by atoms with van der Waals surface area (Å²) >= 11 is 0. The van der Waals surface area contributed by atoms with Gasteiger partial charge in [-0.25, -0.2) is 0 Å². The highest BCUT2D eigenvalue weighted by Crippen LogP contribution is 1.98. The SMILES string of the molecule is On1nnnc1NNc1nnnn1O. The maximum atomic E-state index is 8.91. The smallest absolute Gasteiger partial charge is 0.299 e. The molecule has 12 nitrogen and oxygen atoms in total. The molecule has 2 aromatic rings. The third-order valence-electron chi connectivity index (χ3n) is 1.19. The predicted octanol–water partition coefficient (Wildman–Crippen LogP) is -2.43. The van der Waals surface area contributed by atoms with Crippen LogP contribution in [0.25, 0.3) is 0 Å². The zero-order chi connectivity index (χ0) is 9.97. The molecule has 4 N–H and O–H groups in total. The van der Waals surface area contributed by atoms with Crippen molar-refractivity contribution in [3.05, 3.63) is 0 Å². The second-order valence-electron chi connectivity index (χ2n) is 2.03. The number of rotatable bonds is 3. The van der Waals surface area contributed by atoms with Gasteiger partial charge in [-0.2, -0.15) is 0 Å². The minimum atomic E-state index is -0.0898. The third-order valence-corrected chi connectivity index (χ3v) is 1.19. The predicted molar refractivity (Wildman–Crippen MR) is 37.2 cm³/mol. The van der Waals surface area contributed by atoms with Gasteiger partial charge in [0, 0.05) is 0 Å². The molecule has 0 amide bonds. The number of hydrogen-bond acceptors (Lipinski definition) is 10. The molecular formula is C2H4N10O2. The average molecular weight is 200 g/mol. The van der Waals surface area contributed by atoms with E-state index < -0.39 is 0 Å². The van der Waals surface area contributed by atoms with Gasteiger partial charge < -0.3 is 10.4 Å². The summed E-state index contributed by atoms with van der Waals surface area (Å²) in [5.74, 6) is -0.180. The van der Waals surface area contributed by atoms with E-state index in [4.69, 9.17) is 10.4 Å². The fourth-order valence-electron chi connectivity index (χ4n) is 0.627. The zero-order valence-electron chi connectivity index (χ0n) is 6.47. The van der Waals surface area contributed by atoms with Crippen LogP contribution in [0, 0.1) is 0 Å². The number of hydrazine groups is 1. The lowest BCUT2D eigenvalue weighted by Crippen LogP contribution is -2.16. The van der Waals surface area contributed by atoms with Crippen molar-refractivity contribution in [3.8, 4) is 0 Å². The van der Waals surface area contributed by atoms with Crippen molar-refractivity contribution >= 4 is 11.9 Å². The van der Waals surface area contributed by atoms with E-state index in [9.17, 15) is 0 Å². The molecule has 2 aromatic heterocycles. The molecule has 0 unspecified atom stereocenters. The van der Waals surface area contributed by atoms with Gasteiger partial charge in [-0.15, -0.1) is 0 Å². The van der Waals surface area contributed by atoms with Crippen molar-refractivity contribution in [2.75, 3.05) is 10.9 Å². The van der Waals surface area contributed by atoms with Crippen LogP contribution in [0.2, 0.25) is 0 Å². The Morgan fingerprint density at radius 1 is 0.857 bits per heavy atom. The number of nitrogens with zero attached hydrogens (tertiary/aromatic N) is 8. The Morgan fingerprint density at radius 3 is 1.57 bits per heavy atom. The van der Waals surface area contributed by atoms with Crippen molar-refractivity contribution in [3.63, 3.8) is 0 Å². The van der Waals surface area contributed by atoms with E-state index in [1.54, 1.807) is 0 Å². The molecule has 0 saturated carbocycles. The van der Waals surface area contributed by atoms with E-state index in [-0.39, 0.29) is 11.9 Å². The van der Waals surface area contributed by atoms with Gasteiger partial charge in [0.25, 0.3) is 11.9 Å². The molecular weight excluding hydrogens is 196 g/mol. The molecule has 0 atom stereocenters. The summed E-state index contributed by atoms with van der Waals surface area (Å²) in [4.78, 5) is 0.775. The lowest BCUT2D eigenvalue weighted by Gasteiger charge is -2.02. The van der Waals surface area contributed by atoms with Gasteiger partial charge in [0.2, 0.25) is 0 Å². The normalized spacial score (nSPS) is 10.0. The number of tetrazole rings is 2. The molecule has 0 bridgehead atoms. The highest BCUT2D eigenvalue weighted by atomic mass is 16.5. The van der Waals surface area contributed by atoms with Crippen molar-refractivity contribution in [1.82, 2.24) is 40.7 Å². The van der Waals surface area contributed by atoms with Crippen LogP contribution in [-0.4, -0.2) is 51.2 Å². The first-order valence-electron chi connectivity index (χ1n) is 3.24. The van der Waals surface area contributed by atoms with Gasteiger partial charge >= 0.3 is 0 Å². The number of aromatic nitrogens is 8. The van der Waals surface area contributed by atoms with Crippen LogP contribution < -0.4 is 10.9 Å². The third kappa shape index (κ3) is 1.30. The second-order valence-corrected chi connectivity index (χ2v) is 2.03. The summed E-state index contributed by atoms with van der Waals surface area (Å²) in [5.41, 5.74) is 4.68. The summed E-state index contributed by atoms with van der Waals surface area (Å²) in [5, 5.41) is 37.1. The molecule has 0 radical (unpaired) electrons. The fourth-order valence-corrected chi connectivity index (χ4v) is 0.627. The summed E-state index contributed by atoms with van der Waals surface area (Å²) in [6.07, 6.45) is 0. The molecule has 2 heterocycles. The number of hydrogen-bond donors (Lipinski definition) is 4. The van der Waals surface area contributed by atoms with Crippen LogP contribution in [0.3, 0.4) is 0 Å². The first kappa shape index (κ1) is 7.96. The molecule has 2 rings (SSSR count). The maximum Gasteiger partial charge on any atom is 0.299 e. The highest BCUT2D eigenvalue weighted by molar-refractivity contribution is 5.32. The molecule has 0 saturated heterocycles. The summed E-state index contributed by atoms with van der Waals surface area (Å²) < 4.78 is 0. The van der Waals surface area contributed by atoms with Crippen molar-refractivity contribution in [1.29, 1.82) is 0 Å². The molecule has 0 aliphatic heterocycles. The topological polar surface area (TPSA) is 152 Å². The Hall–Kier alpha value is -2.66. The van der Waals surface area contributed by atoms with Crippen LogP contribution in [0.1, 0.15) is 0 Å². The second kappa shape index (κ2) is 3.00. The summed E-state index contributed by atoms with van der Waals surface area (Å²) in [7, 11) is 0. The lowest BCUT2D eigenvalue weighted by molar-refractivity contribution is 0.146. The van der Waals surface area contributed by atoms with E-state index in [0.717, 1.165) is 0 Å². The Kier molecular flexibility index (Phi) is 1.71. The van der Waals surface area contributed by atoms with Crippen LogP contribution in [0.4, 0.5) is 11.9 Å². The number of anilines is 2. The standard InChI is InChI=1S/C2H4N10O2/c13-11-1(5-7-9-11)3-4-2-6-8-10-12(2)14/h13-14H,(H,3,5,9)(H,4,6,10). The van der Waals surface area contributed by atoms with Crippen LogP contribution in [0.15, 0.2) is 0 Å². The lowest BCUT2D eigenvalue weighted by atomic mass is 11.0. The quantitative estimate of drug-likeness (QED) is 0.310. The van der Waals surface area contributed by atoms with Gasteiger partial charge in [0.15, 0.2) is 0 Å². The van der Waals surface area contributed by atoms with Crippen LogP contribution in [-0.2, 0) is 0 Å². The van der Waals surface area contributed by atoms with Gasteiger partial charge in [0.1, 0.15) is 0 Å². The molecule has 0 aliphatic carbocycles. The van der Waals surface area contributed by atoms with Crippen LogP contribution in [0.5, 0.6) is 0 Å². The van der Waals surface area contributed by atoms with E-state index >= 15 is 0 Å². The summed E-state index contributed by atoms with van der Waals surface area (Å²) in [6.45, 7) is 0. The molecule has 74 valence electrons.